The number of ether oxygens (including phenoxy) is 3. The molecule has 0 aliphatic rings. The van der Waals surface area contributed by atoms with Crippen molar-refractivity contribution in [2.24, 2.45) is 0 Å². The fourth-order valence-corrected chi connectivity index (χ4v) is 3.39. The number of unbranched alkanes of at least 4 members (excludes halogenated alkanes) is 1. The number of hydrogen-bond donors (Lipinski definition) is 1. The van der Waals surface area contributed by atoms with Crippen LogP contribution in [0.5, 0.6) is 11.5 Å². The van der Waals surface area contributed by atoms with Crippen LogP contribution in [0, 0.1) is 18.8 Å². The second-order valence-corrected chi connectivity index (χ2v) is 8.54. The predicted octanol–water partition coefficient (Wildman–Crippen LogP) is 6.14. The third-order valence-electron chi connectivity index (χ3n) is 5.24. The van der Waals surface area contributed by atoms with Crippen molar-refractivity contribution in [3.05, 3.63) is 90.0 Å². The zero-order valence-corrected chi connectivity index (χ0v) is 21.2. The van der Waals surface area contributed by atoms with Gasteiger partial charge in [0.05, 0.1) is 18.8 Å². The van der Waals surface area contributed by atoms with Gasteiger partial charge in [-0.25, -0.2) is 9.59 Å². The first-order valence-corrected chi connectivity index (χ1v) is 12.0. The molecule has 0 spiro atoms. The summed E-state index contributed by atoms with van der Waals surface area (Å²) in [6.45, 7) is 7.87. The van der Waals surface area contributed by atoms with Gasteiger partial charge in [0.2, 0.25) is 0 Å². The Bertz CT molecular complexity index is 1280. The molecule has 37 heavy (non-hydrogen) atoms. The van der Waals surface area contributed by atoms with E-state index in [4.69, 9.17) is 19.9 Å². The minimum atomic E-state index is -0.440. The average molecular weight is 498 g/mol. The van der Waals surface area contributed by atoms with Gasteiger partial charge >= 0.3 is 11.9 Å². The fourth-order valence-electron chi connectivity index (χ4n) is 3.39. The zero-order chi connectivity index (χ0) is 26.6. The summed E-state index contributed by atoms with van der Waals surface area (Å²) >= 11 is 0. The monoisotopic (exact) mass is 497 g/mol. The van der Waals surface area contributed by atoms with E-state index in [9.17, 15) is 9.59 Å². The van der Waals surface area contributed by atoms with Crippen molar-refractivity contribution in [3.63, 3.8) is 0 Å². The summed E-state index contributed by atoms with van der Waals surface area (Å²) in [5, 5.41) is 0. The van der Waals surface area contributed by atoms with Gasteiger partial charge in [0.15, 0.2) is 0 Å². The number of nitrogen functional groups attached to an aromatic ring is 1. The van der Waals surface area contributed by atoms with E-state index >= 15 is 0 Å². The summed E-state index contributed by atoms with van der Waals surface area (Å²) in [5.41, 5.74) is 10.1. The lowest BCUT2D eigenvalue weighted by Gasteiger charge is -2.07. The molecular formula is C31H31NO5. The van der Waals surface area contributed by atoms with E-state index in [1.54, 1.807) is 37.3 Å². The van der Waals surface area contributed by atoms with Crippen molar-refractivity contribution in [1.82, 2.24) is 0 Å². The summed E-state index contributed by atoms with van der Waals surface area (Å²) in [6, 6.07) is 20.2. The Morgan fingerprint density at radius 1 is 0.865 bits per heavy atom. The van der Waals surface area contributed by atoms with E-state index in [0.717, 1.165) is 22.4 Å². The molecule has 2 N–H and O–H groups in total. The summed E-state index contributed by atoms with van der Waals surface area (Å²) < 4.78 is 16.3. The SMILES string of the molecule is C=C(C)C(=O)Oc1ccc(-c2ccc(OCCC#CCCCOC(=O)c3cc(C)cc(N)c3)cc2)cc1. The van der Waals surface area contributed by atoms with Gasteiger partial charge in [-0.3, -0.25) is 0 Å². The van der Waals surface area contributed by atoms with E-state index in [-0.39, 0.29) is 5.97 Å². The molecule has 3 aromatic carbocycles. The van der Waals surface area contributed by atoms with Crippen LogP contribution in [0.15, 0.2) is 78.9 Å². The van der Waals surface area contributed by atoms with Gasteiger partial charge in [-0.2, -0.15) is 0 Å². The van der Waals surface area contributed by atoms with Gasteiger partial charge in [0, 0.05) is 24.1 Å². The summed E-state index contributed by atoms with van der Waals surface area (Å²) in [7, 11) is 0. The van der Waals surface area contributed by atoms with Crippen molar-refractivity contribution in [2.45, 2.75) is 33.1 Å². The Morgan fingerprint density at radius 3 is 2.11 bits per heavy atom. The molecule has 0 radical (unpaired) electrons. The van der Waals surface area contributed by atoms with Crippen LogP contribution in [-0.2, 0) is 9.53 Å². The molecule has 0 amide bonds. The lowest BCUT2D eigenvalue weighted by atomic mass is 10.1. The van der Waals surface area contributed by atoms with Crippen molar-refractivity contribution >= 4 is 17.6 Å². The van der Waals surface area contributed by atoms with E-state index in [1.807, 2.05) is 43.3 Å². The van der Waals surface area contributed by atoms with Gasteiger partial charge in [0.1, 0.15) is 11.5 Å². The van der Waals surface area contributed by atoms with E-state index in [1.165, 1.54) is 0 Å². The molecule has 0 aliphatic carbocycles. The van der Waals surface area contributed by atoms with Crippen molar-refractivity contribution in [1.29, 1.82) is 0 Å². The maximum absolute atomic E-state index is 12.1. The normalized spacial score (nSPS) is 10.1. The number of nitrogens with two attached hydrogens (primary N) is 1. The van der Waals surface area contributed by atoms with Crippen LogP contribution >= 0.6 is 0 Å². The molecule has 190 valence electrons. The highest BCUT2D eigenvalue weighted by Crippen LogP contribution is 2.25. The molecule has 3 aromatic rings. The van der Waals surface area contributed by atoms with Gasteiger partial charge in [0.25, 0.3) is 0 Å². The number of benzene rings is 3. The fraction of sp³-hybridized carbons (Fsp3) is 0.226. The number of carbonyl (C=O) groups excluding carboxylic acids is 2. The summed E-state index contributed by atoms with van der Waals surface area (Å²) in [6.07, 6.45) is 1.91. The number of anilines is 1. The Balaban J connectivity index is 1.33. The second kappa shape index (κ2) is 13.6. The van der Waals surface area contributed by atoms with E-state index < -0.39 is 5.97 Å². The van der Waals surface area contributed by atoms with Crippen molar-refractivity contribution in [2.75, 3.05) is 18.9 Å². The number of rotatable bonds is 10. The molecular weight excluding hydrogens is 466 g/mol. The number of hydrogen-bond acceptors (Lipinski definition) is 6. The quantitative estimate of drug-likeness (QED) is 0.0905. The third kappa shape index (κ3) is 8.90. The van der Waals surface area contributed by atoms with Gasteiger partial charge < -0.3 is 19.9 Å². The highest BCUT2D eigenvalue weighted by atomic mass is 16.5. The predicted molar refractivity (Wildman–Crippen MR) is 145 cm³/mol. The van der Waals surface area contributed by atoms with Crippen molar-refractivity contribution in [3.8, 4) is 34.5 Å². The molecule has 0 atom stereocenters. The smallest absolute Gasteiger partial charge is 0.338 e. The maximum atomic E-state index is 12.1. The van der Waals surface area contributed by atoms with Crippen LogP contribution < -0.4 is 15.2 Å². The average Bonchev–Trinajstić information content (AvgIpc) is 2.87. The lowest BCUT2D eigenvalue weighted by molar-refractivity contribution is -0.130. The highest BCUT2D eigenvalue weighted by molar-refractivity contribution is 5.90. The first kappa shape index (κ1) is 27.1. The number of esters is 2. The molecule has 0 bridgehead atoms. The Morgan fingerprint density at radius 2 is 1.49 bits per heavy atom. The van der Waals surface area contributed by atoms with Crippen molar-refractivity contribution < 1.29 is 23.8 Å². The molecule has 6 heteroatoms. The molecule has 6 nitrogen and oxygen atoms in total. The van der Waals surface area contributed by atoms with Gasteiger partial charge in [-0.1, -0.05) is 36.8 Å². The van der Waals surface area contributed by atoms with Gasteiger partial charge in [-0.15, -0.1) is 5.92 Å². The largest absolute Gasteiger partial charge is 0.493 e. The molecule has 0 saturated heterocycles. The molecule has 0 unspecified atom stereocenters. The molecule has 0 saturated carbocycles. The number of carbonyl (C=O) groups is 2. The topological polar surface area (TPSA) is 87.9 Å². The first-order chi connectivity index (χ1) is 17.8. The standard InChI is InChI=1S/C31H31NO5/c1-22(2)30(33)37-29-15-11-25(12-16-29)24-9-13-28(14-10-24)35-17-7-5-4-6-8-18-36-31(34)26-19-23(3)20-27(32)21-26/h9-16,19-21H,1,6-8,17-18,32H2,2-3H3. The summed E-state index contributed by atoms with van der Waals surface area (Å²) in [4.78, 5) is 23.7. The van der Waals surface area contributed by atoms with E-state index in [0.29, 0.717) is 55.0 Å². The Labute approximate surface area is 218 Å². The molecule has 0 fully saturated rings. The van der Waals surface area contributed by atoms with Crippen LogP contribution in [0.4, 0.5) is 5.69 Å². The Hall–Kier alpha value is -4.50. The third-order valence-corrected chi connectivity index (χ3v) is 5.24. The van der Waals surface area contributed by atoms with Crippen LogP contribution in [0.2, 0.25) is 0 Å². The second-order valence-electron chi connectivity index (χ2n) is 8.54. The summed E-state index contributed by atoms with van der Waals surface area (Å²) in [5.74, 6) is 6.59. The molecule has 0 aromatic heterocycles. The zero-order valence-electron chi connectivity index (χ0n) is 21.2. The van der Waals surface area contributed by atoms with E-state index in [2.05, 4.69) is 18.4 Å². The van der Waals surface area contributed by atoms with Crippen LogP contribution in [0.25, 0.3) is 11.1 Å². The maximum Gasteiger partial charge on any atom is 0.338 e. The van der Waals surface area contributed by atoms with Crippen LogP contribution in [-0.4, -0.2) is 25.2 Å². The molecule has 0 heterocycles. The molecule has 3 rings (SSSR count). The van der Waals surface area contributed by atoms with Crippen LogP contribution in [0.3, 0.4) is 0 Å². The number of aryl methyl sites for hydroxylation is 1. The molecule has 0 aliphatic heterocycles. The highest BCUT2D eigenvalue weighted by Gasteiger charge is 2.08. The van der Waals surface area contributed by atoms with Gasteiger partial charge in [-0.05, 0) is 79.4 Å². The minimum Gasteiger partial charge on any atom is -0.493 e. The minimum absolute atomic E-state index is 0.312. The Kier molecular flexibility index (Phi) is 9.92. The lowest BCUT2D eigenvalue weighted by Crippen LogP contribution is -2.07. The van der Waals surface area contributed by atoms with Crippen LogP contribution in [0.1, 0.15) is 42.1 Å². The first-order valence-electron chi connectivity index (χ1n) is 12.0.